The number of carboxylic acid groups (broad SMARTS) is 1. The van der Waals surface area contributed by atoms with Crippen molar-refractivity contribution in [2.75, 3.05) is 6.54 Å². The second-order valence-electron chi connectivity index (χ2n) is 4.38. The average molecular weight is 283 g/mol. The van der Waals surface area contributed by atoms with Crippen molar-refractivity contribution in [3.05, 3.63) is 29.6 Å². The predicted molar refractivity (Wildman–Crippen MR) is 69.9 cm³/mol. The number of rotatable bonds is 3. The van der Waals surface area contributed by atoms with Crippen LogP contribution in [0.5, 0.6) is 0 Å². The third-order valence-electron chi connectivity index (χ3n) is 2.91. The highest BCUT2D eigenvalue weighted by Gasteiger charge is 2.19. The Balaban J connectivity index is 2.12. The first-order valence-electron chi connectivity index (χ1n) is 6.02. The van der Waals surface area contributed by atoms with E-state index in [9.17, 15) is 14.0 Å². The standard InChI is InChI=1S/C13H14FNO3S/c14-11-4-3-9(6-10(11)13(17)18)19-8-2-1-5-15-12(16)7-8/h3-4,6,8H,1-2,5,7H2,(H,15,16)(H,17,18). The van der Waals surface area contributed by atoms with Crippen LogP contribution in [0.4, 0.5) is 4.39 Å². The number of hydrogen-bond donors (Lipinski definition) is 2. The maximum Gasteiger partial charge on any atom is 0.338 e. The number of carboxylic acids is 1. The van der Waals surface area contributed by atoms with Gasteiger partial charge in [0, 0.05) is 23.1 Å². The Morgan fingerprint density at radius 1 is 1.47 bits per heavy atom. The SMILES string of the molecule is O=C1CC(Sc2ccc(F)c(C(=O)O)c2)CCCN1. The third-order valence-corrected chi connectivity index (χ3v) is 4.17. The molecule has 0 bridgehead atoms. The minimum Gasteiger partial charge on any atom is -0.478 e. The molecule has 1 aromatic carbocycles. The van der Waals surface area contributed by atoms with Crippen LogP contribution in [0.15, 0.2) is 23.1 Å². The minimum atomic E-state index is -1.28. The van der Waals surface area contributed by atoms with Gasteiger partial charge in [-0.3, -0.25) is 4.79 Å². The topological polar surface area (TPSA) is 66.4 Å². The summed E-state index contributed by atoms with van der Waals surface area (Å²) in [6, 6.07) is 4.03. The van der Waals surface area contributed by atoms with E-state index in [1.807, 2.05) is 0 Å². The molecule has 1 aliphatic heterocycles. The molecule has 0 spiro atoms. The number of hydrogen-bond acceptors (Lipinski definition) is 3. The molecule has 2 N–H and O–H groups in total. The maximum absolute atomic E-state index is 13.3. The molecule has 1 aromatic rings. The molecule has 19 heavy (non-hydrogen) atoms. The normalized spacial score (nSPS) is 19.6. The second-order valence-corrected chi connectivity index (χ2v) is 5.76. The van der Waals surface area contributed by atoms with Gasteiger partial charge in [-0.1, -0.05) is 0 Å². The molecule has 4 nitrogen and oxygen atoms in total. The predicted octanol–water partition coefficient (Wildman–Crippen LogP) is 2.28. The summed E-state index contributed by atoms with van der Waals surface area (Å²) in [7, 11) is 0. The lowest BCUT2D eigenvalue weighted by atomic mass is 10.2. The summed E-state index contributed by atoms with van der Waals surface area (Å²) in [5.74, 6) is -2.01. The first kappa shape index (κ1) is 13.9. The van der Waals surface area contributed by atoms with Gasteiger partial charge in [0.1, 0.15) is 5.82 Å². The Morgan fingerprint density at radius 3 is 3.00 bits per heavy atom. The van der Waals surface area contributed by atoms with Crippen molar-refractivity contribution < 1.29 is 19.1 Å². The van der Waals surface area contributed by atoms with Gasteiger partial charge >= 0.3 is 5.97 Å². The Labute approximate surface area is 114 Å². The molecule has 1 aliphatic rings. The molecule has 0 radical (unpaired) electrons. The number of amides is 1. The van der Waals surface area contributed by atoms with Gasteiger partial charge in [-0.05, 0) is 31.0 Å². The third kappa shape index (κ3) is 3.70. The lowest BCUT2D eigenvalue weighted by Crippen LogP contribution is -2.22. The zero-order valence-corrected chi connectivity index (χ0v) is 11.0. The molecule has 1 amide bonds. The van der Waals surface area contributed by atoms with Gasteiger partial charge in [-0.25, -0.2) is 9.18 Å². The van der Waals surface area contributed by atoms with Crippen LogP contribution >= 0.6 is 11.8 Å². The fourth-order valence-electron chi connectivity index (χ4n) is 1.97. The molecule has 0 aromatic heterocycles. The Morgan fingerprint density at radius 2 is 2.26 bits per heavy atom. The highest BCUT2D eigenvalue weighted by atomic mass is 32.2. The molecule has 102 valence electrons. The van der Waals surface area contributed by atoms with E-state index in [-0.39, 0.29) is 16.7 Å². The minimum absolute atomic E-state index is 0.00979. The highest BCUT2D eigenvalue weighted by Crippen LogP contribution is 2.30. The summed E-state index contributed by atoms with van der Waals surface area (Å²) in [6.45, 7) is 0.680. The molecule has 1 atom stereocenters. The van der Waals surface area contributed by atoms with Gasteiger partial charge in [0.15, 0.2) is 0 Å². The van der Waals surface area contributed by atoms with Crippen LogP contribution in [0.25, 0.3) is 0 Å². The van der Waals surface area contributed by atoms with E-state index < -0.39 is 11.8 Å². The van der Waals surface area contributed by atoms with Gasteiger partial charge in [-0.15, -0.1) is 11.8 Å². The first-order chi connectivity index (χ1) is 9.06. The van der Waals surface area contributed by atoms with Crippen LogP contribution in [-0.4, -0.2) is 28.8 Å². The van der Waals surface area contributed by atoms with Crippen molar-refractivity contribution in [3.63, 3.8) is 0 Å². The molecule has 1 unspecified atom stereocenters. The number of nitrogens with one attached hydrogen (secondary N) is 1. The quantitative estimate of drug-likeness (QED) is 0.893. The number of thioether (sulfide) groups is 1. The van der Waals surface area contributed by atoms with E-state index in [2.05, 4.69) is 5.32 Å². The molecule has 6 heteroatoms. The lowest BCUT2D eigenvalue weighted by molar-refractivity contribution is -0.120. The molecule has 0 saturated carbocycles. The Kier molecular flexibility index (Phi) is 4.42. The van der Waals surface area contributed by atoms with Crippen LogP contribution in [0.1, 0.15) is 29.6 Å². The summed E-state index contributed by atoms with van der Waals surface area (Å²) in [6.07, 6.45) is 2.18. The number of benzene rings is 1. The van der Waals surface area contributed by atoms with E-state index in [4.69, 9.17) is 5.11 Å². The van der Waals surface area contributed by atoms with Crippen LogP contribution in [0.2, 0.25) is 0 Å². The van der Waals surface area contributed by atoms with Gasteiger partial charge in [0.25, 0.3) is 0 Å². The molecular formula is C13H14FNO3S. The number of halogens is 1. The fraction of sp³-hybridized carbons (Fsp3) is 0.385. The molecule has 1 fully saturated rings. The van der Waals surface area contributed by atoms with Crippen molar-refractivity contribution in [1.29, 1.82) is 0 Å². The van der Waals surface area contributed by atoms with E-state index in [0.29, 0.717) is 17.9 Å². The van der Waals surface area contributed by atoms with Gasteiger partial charge < -0.3 is 10.4 Å². The molecule has 1 heterocycles. The summed E-state index contributed by atoms with van der Waals surface area (Å²) >= 11 is 1.43. The fourth-order valence-corrected chi connectivity index (χ4v) is 3.21. The Bertz CT molecular complexity index is 507. The zero-order valence-electron chi connectivity index (χ0n) is 10.2. The average Bonchev–Trinajstić information content (AvgIpc) is 2.56. The molecule has 0 aliphatic carbocycles. The number of aromatic carboxylic acids is 1. The molecule has 1 saturated heterocycles. The first-order valence-corrected chi connectivity index (χ1v) is 6.90. The van der Waals surface area contributed by atoms with E-state index in [1.165, 1.54) is 17.8 Å². The van der Waals surface area contributed by atoms with Gasteiger partial charge in [-0.2, -0.15) is 0 Å². The maximum atomic E-state index is 13.3. The smallest absolute Gasteiger partial charge is 0.338 e. The lowest BCUT2D eigenvalue weighted by Gasteiger charge is -2.12. The Hall–Kier alpha value is -1.56. The molecule has 2 rings (SSSR count). The van der Waals surface area contributed by atoms with Crippen LogP contribution in [0.3, 0.4) is 0 Å². The summed E-state index contributed by atoms with van der Waals surface area (Å²) in [4.78, 5) is 23.0. The zero-order chi connectivity index (χ0) is 13.8. The van der Waals surface area contributed by atoms with Crippen molar-refractivity contribution in [2.24, 2.45) is 0 Å². The van der Waals surface area contributed by atoms with Gasteiger partial charge in [0.05, 0.1) is 5.56 Å². The van der Waals surface area contributed by atoms with Crippen molar-refractivity contribution in [2.45, 2.75) is 29.4 Å². The number of carbonyl (C=O) groups is 2. The largest absolute Gasteiger partial charge is 0.478 e. The van der Waals surface area contributed by atoms with Crippen molar-refractivity contribution >= 4 is 23.6 Å². The summed E-state index contributed by atoms with van der Waals surface area (Å²) in [5.41, 5.74) is -0.330. The second kappa shape index (κ2) is 6.06. The van der Waals surface area contributed by atoms with E-state index in [0.717, 1.165) is 18.9 Å². The molecular weight excluding hydrogens is 269 g/mol. The number of carbonyl (C=O) groups excluding carboxylic acids is 1. The monoisotopic (exact) mass is 283 g/mol. The van der Waals surface area contributed by atoms with Crippen LogP contribution in [-0.2, 0) is 4.79 Å². The van der Waals surface area contributed by atoms with Gasteiger partial charge in [0.2, 0.25) is 5.91 Å². The van der Waals surface area contributed by atoms with E-state index in [1.54, 1.807) is 6.07 Å². The van der Waals surface area contributed by atoms with Crippen LogP contribution < -0.4 is 5.32 Å². The van der Waals surface area contributed by atoms with Crippen molar-refractivity contribution in [3.8, 4) is 0 Å². The van der Waals surface area contributed by atoms with Crippen LogP contribution in [0, 0.1) is 5.82 Å². The van der Waals surface area contributed by atoms with E-state index >= 15 is 0 Å². The summed E-state index contributed by atoms with van der Waals surface area (Å²) in [5, 5.41) is 11.8. The van der Waals surface area contributed by atoms with Crippen molar-refractivity contribution in [1.82, 2.24) is 5.32 Å². The highest BCUT2D eigenvalue weighted by molar-refractivity contribution is 8.00. The summed E-state index contributed by atoms with van der Waals surface area (Å²) < 4.78 is 13.3.